The zero-order chi connectivity index (χ0) is 12.8. The van der Waals surface area contributed by atoms with Crippen LogP contribution in [0.5, 0.6) is 0 Å². The van der Waals surface area contributed by atoms with Crippen molar-refractivity contribution in [3.8, 4) is 0 Å². The highest BCUT2D eigenvalue weighted by atomic mass is 35.5. The molecule has 3 heterocycles. The standard InChI is InChI=1S/C14H16N4O.ClH/c19-13(10-5-6-15-9-10)18-8-7-17-12-4-2-1-3-11(12)16-14(17)18;/h1-4,10,15H,5-9H2;1H. The van der Waals surface area contributed by atoms with Crippen LogP contribution in [0, 0.1) is 5.92 Å². The Labute approximate surface area is 123 Å². The highest BCUT2D eigenvalue weighted by Crippen LogP contribution is 2.28. The van der Waals surface area contributed by atoms with Gasteiger partial charge in [0.05, 0.1) is 17.0 Å². The van der Waals surface area contributed by atoms with Gasteiger partial charge in [-0.1, -0.05) is 12.1 Å². The Kier molecular flexibility index (Phi) is 3.40. The SMILES string of the molecule is Cl.O=C(C1CCNC1)N1CCn2c1nc1ccccc12. The molecule has 106 valence electrons. The van der Waals surface area contributed by atoms with Crippen molar-refractivity contribution < 1.29 is 4.79 Å². The first kappa shape index (κ1) is 13.4. The van der Waals surface area contributed by atoms with E-state index in [2.05, 4.69) is 20.9 Å². The predicted molar refractivity (Wildman–Crippen MR) is 80.3 cm³/mol. The van der Waals surface area contributed by atoms with E-state index in [4.69, 9.17) is 0 Å². The van der Waals surface area contributed by atoms with Gasteiger partial charge in [0.2, 0.25) is 11.9 Å². The molecule has 1 aromatic carbocycles. The number of imidazole rings is 1. The monoisotopic (exact) mass is 292 g/mol. The number of para-hydroxylation sites is 2. The summed E-state index contributed by atoms with van der Waals surface area (Å²) in [6.07, 6.45) is 0.940. The average molecular weight is 293 g/mol. The average Bonchev–Trinajstić information content (AvgIpc) is 3.14. The first-order chi connectivity index (χ1) is 9.34. The number of aromatic nitrogens is 2. The Morgan fingerprint density at radius 3 is 2.95 bits per heavy atom. The van der Waals surface area contributed by atoms with E-state index >= 15 is 0 Å². The summed E-state index contributed by atoms with van der Waals surface area (Å²) < 4.78 is 2.15. The number of nitrogens with zero attached hydrogens (tertiary/aromatic N) is 3. The summed E-state index contributed by atoms with van der Waals surface area (Å²) in [5.41, 5.74) is 2.09. The van der Waals surface area contributed by atoms with Crippen LogP contribution in [0.2, 0.25) is 0 Å². The first-order valence-corrected chi connectivity index (χ1v) is 6.82. The van der Waals surface area contributed by atoms with Crippen LogP contribution in [-0.4, -0.2) is 35.1 Å². The van der Waals surface area contributed by atoms with Crippen molar-refractivity contribution in [1.82, 2.24) is 14.9 Å². The molecule has 1 unspecified atom stereocenters. The van der Waals surface area contributed by atoms with Gasteiger partial charge in [-0.3, -0.25) is 9.69 Å². The van der Waals surface area contributed by atoms with Crippen LogP contribution < -0.4 is 10.2 Å². The van der Waals surface area contributed by atoms with Crippen LogP contribution in [0.25, 0.3) is 11.0 Å². The maximum Gasteiger partial charge on any atom is 0.233 e. The fourth-order valence-corrected chi connectivity index (χ4v) is 3.08. The van der Waals surface area contributed by atoms with Gasteiger partial charge in [-0.15, -0.1) is 12.4 Å². The van der Waals surface area contributed by atoms with E-state index in [1.807, 2.05) is 23.1 Å². The molecule has 6 heteroatoms. The van der Waals surface area contributed by atoms with E-state index in [0.29, 0.717) is 0 Å². The number of fused-ring (bicyclic) bond motifs is 3. The van der Waals surface area contributed by atoms with Crippen LogP contribution >= 0.6 is 12.4 Å². The third-order valence-corrected chi connectivity index (χ3v) is 4.10. The first-order valence-electron chi connectivity index (χ1n) is 6.82. The highest BCUT2D eigenvalue weighted by molar-refractivity contribution is 5.96. The summed E-state index contributed by atoms with van der Waals surface area (Å²) in [5, 5.41) is 3.25. The number of carbonyl (C=O) groups excluding carboxylic acids is 1. The summed E-state index contributed by atoms with van der Waals surface area (Å²) in [6.45, 7) is 3.35. The molecular weight excluding hydrogens is 276 g/mol. The minimum atomic E-state index is 0. The molecule has 20 heavy (non-hydrogen) atoms. The number of halogens is 1. The van der Waals surface area contributed by atoms with Gasteiger partial charge in [0.15, 0.2) is 0 Å². The molecule has 1 aromatic heterocycles. The summed E-state index contributed by atoms with van der Waals surface area (Å²) >= 11 is 0. The second-order valence-electron chi connectivity index (χ2n) is 5.23. The molecule has 4 rings (SSSR count). The highest BCUT2D eigenvalue weighted by Gasteiger charge is 2.33. The van der Waals surface area contributed by atoms with Gasteiger partial charge in [0, 0.05) is 19.6 Å². The summed E-state index contributed by atoms with van der Waals surface area (Å²) in [6, 6.07) is 8.07. The van der Waals surface area contributed by atoms with Gasteiger partial charge in [-0.05, 0) is 25.1 Å². The third-order valence-electron chi connectivity index (χ3n) is 4.10. The van der Waals surface area contributed by atoms with Crippen molar-refractivity contribution in [2.45, 2.75) is 13.0 Å². The van der Waals surface area contributed by atoms with Crippen LogP contribution in [0.3, 0.4) is 0 Å². The topological polar surface area (TPSA) is 50.2 Å². The smallest absolute Gasteiger partial charge is 0.233 e. The maximum absolute atomic E-state index is 12.5. The Bertz CT molecular complexity index is 648. The lowest BCUT2D eigenvalue weighted by Crippen LogP contribution is -2.36. The number of anilines is 1. The largest absolute Gasteiger partial charge is 0.316 e. The van der Waals surface area contributed by atoms with Gasteiger partial charge in [-0.25, -0.2) is 4.98 Å². The van der Waals surface area contributed by atoms with Gasteiger partial charge in [-0.2, -0.15) is 0 Å². The summed E-state index contributed by atoms with van der Waals surface area (Å²) in [4.78, 5) is 19.0. The maximum atomic E-state index is 12.5. The molecule has 0 spiro atoms. The second kappa shape index (κ2) is 5.07. The van der Waals surface area contributed by atoms with Gasteiger partial charge in [0.25, 0.3) is 0 Å². The molecule has 1 saturated heterocycles. The van der Waals surface area contributed by atoms with E-state index in [1.54, 1.807) is 0 Å². The van der Waals surface area contributed by atoms with Crippen molar-refractivity contribution >= 4 is 35.3 Å². The minimum Gasteiger partial charge on any atom is -0.316 e. The van der Waals surface area contributed by atoms with E-state index < -0.39 is 0 Å². The summed E-state index contributed by atoms with van der Waals surface area (Å²) in [5.74, 6) is 1.16. The lowest BCUT2D eigenvalue weighted by atomic mass is 10.1. The van der Waals surface area contributed by atoms with Crippen molar-refractivity contribution in [2.75, 3.05) is 24.5 Å². The van der Waals surface area contributed by atoms with E-state index in [0.717, 1.165) is 49.6 Å². The Balaban J connectivity index is 0.00000121. The number of amides is 1. The molecule has 2 aromatic rings. The minimum absolute atomic E-state index is 0. The molecule has 1 N–H and O–H groups in total. The normalized spacial score (nSPS) is 21.0. The number of carbonyl (C=O) groups is 1. The zero-order valence-corrected chi connectivity index (χ0v) is 11.9. The molecule has 2 aliphatic rings. The van der Waals surface area contributed by atoms with Gasteiger partial charge in [0.1, 0.15) is 0 Å². The third kappa shape index (κ3) is 1.89. The Morgan fingerprint density at radius 1 is 1.30 bits per heavy atom. The van der Waals surface area contributed by atoms with Crippen molar-refractivity contribution in [1.29, 1.82) is 0 Å². The number of hydrogen-bond acceptors (Lipinski definition) is 3. The Hall–Kier alpha value is -1.59. The molecule has 1 atom stereocenters. The number of nitrogens with one attached hydrogen (secondary N) is 1. The molecule has 0 aliphatic carbocycles. The molecule has 0 saturated carbocycles. The molecule has 2 aliphatic heterocycles. The zero-order valence-electron chi connectivity index (χ0n) is 11.1. The molecule has 5 nitrogen and oxygen atoms in total. The number of rotatable bonds is 1. The fourth-order valence-electron chi connectivity index (χ4n) is 3.08. The van der Waals surface area contributed by atoms with Crippen LogP contribution in [0.4, 0.5) is 5.95 Å². The molecule has 0 radical (unpaired) electrons. The van der Waals surface area contributed by atoms with Crippen molar-refractivity contribution in [3.05, 3.63) is 24.3 Å². The molecule has 1 amide bonds. The fraction of sp³-hybridized carbons (Fsp3) is 0.429. The predicted octanol–water partition coefficient (Wildman–Crippen LogP) is 1.41. The van der Waals surface area contributed by atoms with E-state index in [9.17, 15) is 4.79 Å². The lowest BCUT2D eigenvalue weighted by molar-refractivity contribution is -0.121. The second-order valence-corrected chi connectivity index (χ2v) is 5.23. The van der Waals surface area contributed by atoms with E-state index in [-0.39, 0.29) is 24.2 Å². The van der Waals surface area contributed by atoms with Crippen LogP contribution in [0.15, 0.2) is 24.3 Å². The van der Waals surface area contributed by atoms with E-state index in [1.165, 1.54) is 0 Å². The number of hydrogen-bond donors (Lipinski definition) is 1. The lowest BCUT2D eigenvalue weighted by Gasteiger charge is -2.17. The molecule has 0 bridgehead atoms. The van der Waals surface area contributed by atoms with Gasteiger partial charge >= 0.3 is 0 Å². The molecule has 1 fully saturated rings. The summed E-state index contributed by atoms with van der Waals surface area (Å²) in [7, 11) is 0. The quantitative estimate of drug-likeness (QED) is 0.865. The molecular formula is C14H17ClN4O. The number of benzene rings is 1. The van der Waals surface area contributed by atoms with Crippen molar-refractivity contribution in [3.63, 3.8) is 0 Å². The van der Waals surface area contributed by atoms with Crippen LogP contribution in [-0.2, 0) is 11.3 Å². The van der Waals surface area contributed by atoms with Crippen molar-refractivity contribution in [2.24, 2.45) is 5.92 Å². The van der Waals surface area contributed by atoms with Gasteiger partial charge < -0.3 is 9.88 Å². The van der Waals surface area contributed by atoms with Crippen LogP contribution in [0.1, 0.15) is 6.42 Å². The Morgan fingerprint density at radius 2 is 2.15 bits per heavy atom.